The molecule has 8 heteroatoms. The SMILES string of the molecule is Nc1c(C(=O)Nc2ccc(F)c(Cl)c2)sc2nc3c(cc12)CNCC3. The number of hydrogen-bond acceptors (Lipinski definition) is 5. The second-order valence-corrected chi connectivity index (χ2v) is 7.21. The summed E-state index contributed by atoms with van der Waals surface area (Å²) < 4.78 is 13.2. The molecule has 1 aromatic carbocycles. The molecular weight excluding hydrogens is 363 g/mol. The summed E-state index contributed by atoms with van der Waals surface area (Å²) in [5.74, 6) is -0.899. The lowest BCUT2D eigenvalue weighted by atomic mass is 10.1. The van der Waals surface area contributed by atoms with E-state index in [1.54, 1.807) is 0 Å². The summed E-state index contributed by atoms with van der Waals surface area (Å²) >= 11 is 7.00. The molecule has 0 unspecified atom stereocenters. The zero-order valence-corrected chi connectivity index (χ0v) is 14.6. The van der Waals surface area contributed by atoms with Crippen LogP contribution in [0.2, 0.25) is 5.02 Å². The minimum atomic E-state index is -0.538. The summed E-state index contributed by atoms with van der Waals surface area (Å²) in [7, 11) is 0. The smallest absolute Gasteiger partial charge is 0.267 e. The lowest BCUT2D eigenvalue weighted by molar-refractivity contribution is 0.103. The van der Waals surface area contributed by atoms with Crippen LogP contribution >= 0.6 is 22.9 Å². The molecule has 0 radical (unpaired) electrons. The van der Waals surface area contributed by atoms with Crippen LogP contribution in [-0.2, 0) is 13.0 Å². The van der Waals surface area contributed by atoms with Crippen molar-refractivity contribution in [3.05, 3.63) is 51.2 Å². The molecule has 25 heavy (non-hydrogen) atoms. The van der Waals surface area contributed by atoms with E-state index in [0.717, 1.165) is 41.0 Å². The molecule has 0 aliphatic carbocycles. The quantitative estimate of drug-likeness (QED) is 0.638. The summed E-state index contributed by atoms with van der Waals surface area (Å²) in [5.41, 5.74) is 9.16. The van der Waals surface area contributed by atoms with E-state index in [2.05, 4.69) is 15.6 Å². The van der Waals surface area contributed by atoms with Gasteiger partial charge in [0.2, 0.25) is 0 Å². The minimum absolute atomic E-state index is 0.0519. The van der Waals surface area contributed by atoms with Gasteiger partial charge in [-0.15, -0.1) is 11.3 Å². The number of thiophene rings is 1. The third-order valence-corrected chi connectivity index (χ3v) is 5.53. The number of nitrogen functional groups attached to an aromatic ring is 1. The van der Waals surface area contributed by atoms with Crippen LogP contribution in [0.5, 0.6) is 0 Å². The van der Waals surface area contributed by atoms with Crippen molar-refractivity contribution < 1.29 is 9.18 Å². The lowest BCUT2D eigenvalue weighted by Crippen LogP contribution is -2.24. The van der Waals surface area contributed by atoms with Gasteiger partial charge >= 0.3 is 0 Å². The van der Waals surface area contributed by atoms with Gasteiger partial charge < -0.3 is 16.4 Å². The van der Waals surface area contributed by atoms with Crippen LogP contribution in [0, 0.1) is 5.82 Å². The molecule has 1 amide bonds. The highest BCUT2D eigenvalue weighted by molar-refractivity contribution is 7.21. The Bertz CT molecular complexity index is 1000. The first-order chi connectivity index (χ1) is 12.0. The Morgan fingerprint density at radius 1 is 1.40 bits per heavy atom. The molecule has 2 aromatic heterocycles. The van der Waals surface area contributed by atoms with Crippen LogP contribution in [-0.4, -0.2) is 17.4 Å². The summed E-state index contributed by atoms with van der Waals surface area (Å²) in [4.78, 5) is 18.4. The molecule has 0 saturated carbocycles. The number of nitrogens with zero attached hydrogens (tertiary/aromatic N) is 1. The number of benzene rings is 1. The standard InChI is InChI=1S/C17H14ClFN4OS/c18-11-6-9(1-2-12(11)19)22-16(24)15-14(20)10-5-8-7-21-4-3-13(8)23-17(10)25-15/h1-2,5-6,21H,3-4,7,20H2,(H,22,24). The van der Waals surface area contributed by atoms with Crippen molar-refractivity contribution in [1.82, 2.24) is 10.3 Å². The van der Waals surface area contributed by atoms with Crippen molar-refractivity contribution in [2.75, 3.05) is 17.6 Å². The van der Waals surface area contributed by atoms with Gasteiger partial charge in [-0.1, -0.05) is 11.6 Å². The molecule has 3 heterocycles. The highest BCUT2D eigenvalue weighted by Gasteiger charge is 2.20. The number of anilines is 2. The molecule has 5 nitrogen and oxygen atoms in total. The summed E-state index contributed by atoms with van der Waals surface area (Å²) in [6, 6.07) is 6.02. The van der Waals surface area contributed by atoms with E-state index in [9.17, 15) is 9.18 Å². The first kappa shape index (κ1) is 16.3. The van der Waals surface area contributed by atoms with E-state index in [1.165, 1.54) is 29.5 Å². The predicted molar refractivity (Wildman–Crippen MR) is 98.8 cm³/mol. The Labute approximate surface area is 152 Å². The van der Waals surface area contributed by atoms with Crippen molar-refractivity contribution in [3.8, 4) is 0 Å². The van der Waals surface area contributed by atoms with Gasteiger partial charge in [-0.3, -0.25) is 4.79 Å². The van der Waals surface area contributed by atoms with Gasteiger partial charge in [0.05, 0.1) is 10.7 Å². The van der Waals surface area contributed by atoms with E-state index < -0.39 is 5.82 Å². The Hall–Kier alpha value is -2.22. The van der Waals surface area contributed by atoms with Crippen LogP contribution in [0.15, 0.2) is 24.3 Å². The first-order valence-electron chi connectivity index (χ1n) is 7.71. The number of rotatable bonds is 2. The van der Waals surface area contributed by atoms with Crippen LogP contribution in [0.4, 0.5) is 15.8 Å². The molecule has 0 fully saturated rings. The normalized spacial score (nSPS) is 13.7. The zero-order valence-electron chi connectivity index (χ0n) is 13.0. The number of halogens is 2. The van der Waals surface area contributed by atoms with Crippen molar-refractivity contribution in [2.24, 2.45) is 0 Å². The van der Waals surface area contributed by atoms with Crippen molar-refractivity contribution in [2.45, 2.75) is 13.0 Å². The zero-order chi connectivity index (χ0) is 17.6. The van der Waals surface area contributed by atoms with Gasteiger partial charge in [-0.25, -0.2) is 9.37 Å². The Kier molecular flexibility index (Phi) is 4.07. The molecule has 3 aromatic rings. The molecule has 0 atom stereocenters. The maximum absolute atomic E-state index is 13.2. The first-order valence-corrected chi connectivity index (χ1v) is 8.90. The van der Waals surface area contributed by atoms with Crippen LogP contribution < -0.4 is 16.4 Å². The minimum Gasteiger partial charge on any atom is -0.397 e. The Balaban J connectivity index is 1.69. The Morgan fingerprint density at radius 2 is 2.24 bits per heavy atom. The molecule has 0 bridgehead atoms. The largest absolute Gasteiger partial charge is 0.397 e. The molecule has 128 valence electrons. The summed E-state index contributed by atoms with van der Waals surface area (Å²) in [5, 5.41) is 6.73. The molecule has 4 N–H and O–H groups in total. The fourth-order valence-corrected chi connectivity index (χ4v) is 4.02. The second kappa shape index (κ2) is 6.25. The van der Waals surface area contributed by atoms with E-state index in [4.69, 9.17) is 17.3 Å². The van der Waals surface area contributed by atoms with Crippen LogP contribution in [0.3, 0.4) is 0 Å². The van der Waals surface area contributed by atoms with E-state index in [-0.39, 0.29) is 10.9 Å². The number of hydrogen-bond donors (Lipinski definition) is 3. The monoisotopic (exact) mass is 376 g/mol. The van der Waals surface area contributed by atoms with Crippen molar-refractivity contribution in [1.29, 1.82) is 0 Å². The van der Waals surface area contributed by atoms with Crippen LogP contribution in [0.1, 0.15) is 20.9 Å². The van der Waals surface area contributed by atoms with Gasteiger partial charge in [-0.05, 0) is 29.8 Å². The Morgan fingerprint density at radius 3 is 3.04 bits per heavy atom. The van der Waals surface area contributed by atoms with Gasteiger partial charge in [-0.2, -0.15) is 0 Å². The molecule has 0 saturated heterocycles. The number of pyridine rings is 1. The van der Waals surface area contributed by atoms with Gasteiger partial charge in [0.15, 0.2) is 0 Å². The average Bonchev–Trinajstić information content (AvgIpc) is 2.92. The van der Waals surface area contributed by atoms with Gasteiger partial charge in [0.25, 0.3) is 5.91 Å². The number of carbonyl (C=O) groups excluding carboxylic acids is 1. The highest BCUT2D eigenvalue weighted by atomic mass is 35.5. The third-order valence-electron chi connectivity index (χ3n) is 4.13. The topological polar surface area (TPSA) is 80.0 Å². The van der Waals surface area contributed by atoms with E-state index >= 15 is 0 Å². The summed E-state index contributed by atoms with van der Waals surface area (Å²) in [6.45, 7) is 1.65. The predicted octanol–water partition coefficient (Wildman–Crippen LogP) is 3.57. The number of amides is 1. The molecule has 1 aliphatic rings. The third kappa shape index (κ3) is 2.95. The fourth-order valence-electron chi connectivity index (χ4n) is 2.85. The van der Waals surface area contributed by atoms with Gasteiger partial charge in [0.1, 0.15) is 15.5 Å². The van der Waals surface area contributed by atoms with Crippen molar-refractivity contribution >= 4 is 50.4 Å². The molecule has 4 rings (SSSR count). The maximum atomic E-state index is 13.2. The molecule has 1 aliphatic heterocycles. The molecular formula is C17H14ClFN4OS. The second-order valence-electron chi connectivity index (χ2n) is 5.80. The lowest BCUT2D eigenvalue weighted by Gasteiger charge is -2.15. The fraction of sp³-hybridized carbons (Fsp3) is 0.176. The molecule has 0 spiro atoms. The number of carbonyl (C=O) groups is 1. The van der Waals surface area contributed by atoms with Crippen molar-refractivity contribution in [3.63, 3.8) is 0 Å². The number of fused-ring (bicyclic) bond motifs is 2. The highest BCUT2D eigenvalue weighted by Crippen LogP contribution is 2.35. The average molecular weight is 377 g/mol. The maximum Gasteiger partial charge on any atom is 0.267 e. The van der Waals surface area contributed by atoms with E-state index in [1.807, 2.05) is 6.07 Å². The number of aromatic nitrogens is 1. The van der Waals surface area contributed by atoms with Gasteiger partial charge in [0, 0.05) is 36.3 Å². The van der Waals surface area contributed by atoms with Crippen LogP contribution in [0.25, 0.3) is 10.2 Å². The number of nitrogens with one attached hydrogen (secondary N) is 2. The van der Waals surface area contributed by atoms with E-state index in [0.29, 0.717) is 16.3 Å². The summed E-state index contributed by atoms with van der Waals surface area (Å²) in [6.07, 6.45) is 0.860. The number of nitrogens with two attached hydrogens (primary N) is 1.